The smallest absolute Gasteiger partial charge is 0.255 e. The van der Waals surface area contributed by atoms with Gasteiger partial charge < -0.3 is 10.4 Å². The van der Waals surface area contributed by atoms with Crippen molar-refractivity contribution in [3.05, 3.63) is 142 Å². The quantitative estimate of drug-likeness (QED) is 0.106. The number of hydrazone groups is 1. The molecule has 0 atom stereocenters. The molecule has 8 heteroatoms. The minimum atomic E-state index is -0.483. The van der Waals surface area contributed by atoms with Crippen molar-refractivity contribution in [2.45, 2.75) is 6.92 Å². The Morgan fingerprint density at radius 1 is 0.837 bits per heavy atom. The van der Waals surface area contributed by atoms with Crippen molar-refractivity contribution < 1.29 is 14.7 Å². The molecule has 1 aliphatic carbocycles. The maximum absolute atomic E-state index is 13.7. The van der Waals surface area contributed by atoms with E-state index in [-0.39, 0.29) is 17.2 Å². The van der Waals surface area contributed by atoms with Crippen LogP contribution in [0.25, 0.3) is 16.8 Å². The molecule has 5 aromatic carbocycles. The number of aliphatic hydroxyl groups is 1. The molecule has 0 unspecified atom stereocenters. The normalized spacial score (nSPS) is 13.9. The highest BCUT2D eigenvalue weighted by Gasteiger charge is 2.29. The van der Waals surface area contributed by atoms with E-state index in [2.05, 4.69) is 20.8 Å². The number of carbonyl (C=O) groups is 2. The molecular weight excluding hydrogens is 560 g/mol. The fourth-order valence-electron chi connectivity index (χ4n) is 4.86. The lowest BCUT2D eigenvalue weighted by Crippen LogP contribution is -2.27. The van der Waals surface area contributed by atoms with Crippen molar-refractivity contribution in [1.29, 1.82) is 0 Å². The van der Waals surface area contributed by atoms with Gasteiger partial charge in [-0.3, -0.25) is 15.0 Å². The Kier molecular flexibility index (Phi) is 7.56. The van der Waals surface area contributed by atoms with E-state index in [1.54, 1.807) is 54.6 Å². The molecule has 1 aliphatic rings. The van der Waals surface area contributed by atoms with Crippen LogP contribution < -0.4 is 10.7 Å². The van der Waals surface area contributed by atoms with Crippen LogP contribution in [0, 0.1) is 6.92 Å². The van der Waals surface area contributed by atoms with Crippen LogP contribution in [0.1, 0.15) is 27.0 Å². The molecule has 210 valence electrons. The summed E-state index contributed by atoms with van der Waals surface area (Å²) in [5.74, 6) is -1.17. The van der Waals surface area contributed by atoms with Gasteiger partial charge in [0.2, 0.25) is 11.7 Å². The van der Waals surface area contributed by atoms with Crippen LogP contribution in [-0.4, -0.2) is 28.4 Å². The second-order valence-electron chi connectivity index (χ2n) is 9.95. The third kappa shape index (κ3) is 5.66. The number of aryl methyl sites for hydroxylation is 1. The van der Waals surface area contributed by atoms with E-state index in [0.29, 0.717) is 38.8 Å². The van der Waals surface area contributed by atoms with Gasteiger partial charge in [0, 0.05) is 16.5 Å². The van der Waals surface area contributed by atoms with Crippen molar-refractivity contribution in [1.82, 2.24) is 0 Å². The van der Waals surface area contributed by atoms with Gasteiger partial charge >= 0.3 is 0 Å². The minimum absolute atomic E-state index is 0.0286. The molecule has 0 heterocycles. The highest BCUT2D eigenvalue weighted by Crippen LogP contribution is 2.31. The largest absolute Gasteiger partial charge is 0.493 e. The number of anilines is 2. The third-order valence-electron chi connectivity index (χ3n) is 7.10. The maximum Gasteiger partial charge on any atom is 0.255 e. The monoisotopic (exact) mass is 584 g/mol. The van der Waals surface area contributed by atoms with E-state index in [1.807, 2.05) is 67.6 Å². The van der Waals surface area contributed by atoms with Crippen molar-refractivity contribution in [2.75, 3.05) is 10.7 Å². The molecule has 0 bridgehead atoms. The molecule has 0 radical (unpaired) electrons. The summed E-state index contributed by atoms with van der Waals surface area (Å²) in [4.78, 5) is 30.8. The van der Waals surface area contributed by atoms with Gasteiger partial charge in [-0.2, -0.15) is 5.10 Å². The van der Waals surface area contributed by atoms with Crippen LogP contribution in [0.2, 0.25) is 5.02 Å². The summed E-state index contributed by atoms with van der Waals surface area (Å²) in [5.41, 5.74) is 7.22. The molecule has 5 aromatic rings. The zero-order valence-corrected chi connectivity index (χ0v) is 23.8. The molecule has 1 amide bonds. The summed E-state index contributed by atoms with van der Waals surface area (Å²) in [6.07, 6.45) is 1.62. The highest BCUT2D eigenvalue weighted by atomic mass is 35.5. The number of halogens is 1. The number of Topliss-reactive ketones (excluding diaryl/α,β-unsaturated/α-hetero) is 1. The van der Waals surface area contributed by atoms with Gasteiger partial charge in [0.05, 0.1) is 27.7 Å². The Hall–Kier alpha value is -5.53. The molecule has 0 saturated carbocycles. The van der Waals surface area contributed by atoms with Gasteiger partial charge in [0.25, 0.3) is 5.91 Å². The van der Waals surface area contributed by atoms with E-state index >= 15 is 0 Å². The first-order chi connectivity index (χ1) is 20.9. The SMILES string of the molecule is Cc1cc(NC(=O)c2ccccc2)c(Cl)cc1N/N=C1/C(=O)C(C(O)=Nc2cccc3ccccc23)=Cc2ccccc21. The number of nitrogens with one attached hydrogen (secondary N) is 2. The lowest BCUT2D eigenvalue weighted by Gasteiger charge is -2.18. The summed E-state index contributed by atoms with van der Waals surface area (Å²) < 4.78 is 0. The van der Waals surface area contributed by atoms with Crippen LogP contribution in [0.5, 0.6) is 0 Å². The summed E-state index contributed by atoms with van der Waals surface area (Å²) in [5, 5.41) is 20.5. The topological polar surface area (TPSA) is 103 Å². The summed E-state index contributed by atoms with van der Waals surface area (Å²) >= 11 is 6.52. The maximum atomic E-state index is 13.7. The number of carbonyl (C=O) groups excluding carboxylic acids is 2. The first kappa shape index (κ1) is 27.6. The second-order valence-corrected chi connectivity index (χ2v) is 10.4. The molecule has 3 N–H and O–H groups in total. The molecule has 43 heavy (non-hydrogen) atoms. The Morgan fingerprint density at radius 2 is 1.56 bits per heavy atom. The number of amides is 1. The average molecular weight is 585 g/mol. The van der Waals surface area contributed by atoms with Crippen molar-refractivity contribution in [2.24, 2.45) is 10.1 Å². The summed E-state index contributed by atoms with van der Waals surface area (Å²) in [6, 6.07) is 32.8. The molecule has 0 saturated heterocycles. The van der Waals surface area contributed by atoms with Gasteiger partial charge in [-0.1, -0.05) is 90.5 Å². The van der Waals surface area contributed by atoms with E-state index in [4.69, 9.17) is 11.6 Å². The van der Waals surface area contributed by atoms with Crippen molar-refractivity contribution in [3.8, 4) is 0 Å². The van der Waals surface area contributed by atoms with Crippen molar-refractivity contribution >= 4 is 68.8 Å². The number of hydrogen-bond donors (Lipinski definition) is 3. The van der Waals surface area contributed by atoms with E-state index in [1.165, 1.54) is 0 Å². The number of nitrogens with zero attached hydrogens (tertiary/aromatic N) is 2. The van der Waals surface area contributed by atoms with E-state index < -0.39 is 11.7 Å². The lowest BCUT2D eigenvalue weighted by atomic mass is 9.89. The van der Waals surface area contributed by atoms with E-state index in [0.717, 1.165) is 16.3 Å². The Morgan fingerprint density at radius 3 is 2.40 bits per heavy atom. The van der Waals surface area contributed by atoms with Crippen LogP contribution in [0.3, 0.4) is 0 Å². The highest BCUT2D eigenvalue weighted by molar-refractivity contribution is 6.58. The van der Waals surface area contributed by atoms with Crippen LogP contribution in [-0.2, 0) is 4.79 Å². The van der Waals surface area contributed by atoms with Crippen LogP contribution in [0.4, 0.5) is 17.1 Å². The number of rotatable bonds is 6. The average Bonchev–Trinajstić information content (AvgIpc) is 3.03. The molecule has 0 aliphatic heterocycles. The second kappa shape index (κ2) is 11.8. The third-order valence-corrected chi connectivity index (χ3v) is 7.41. The molecule has 6 rings (SSSR count). The number of aliphatic hydroxyl groups excluding tert-OH is 1. The number of fused-ring (bicyclic) bond motifs is 2. The van der Waals surface area contributed by atoms with Crippen molar-refractivity contribution in [3.63, 3.8) is 0 Å². The van der Waals surface area contributed by atoms with Crippen LogP contribution in [0.15, 0.2) is 125 Å². The van der Waals surface area contributed by atoms with E-state index in [9.17, 15) is 14.7 Å². The number of hydrogen-bond acceptors (Lipinski definition) is 5. The first-order valence-electron chi connectivity index (χ1n) is 13.5. The molecule has 0 fully saturated rings. The zero-order chi connectivity index (χ0) is 29.9. The predicted octanol–water partition coefficient (Wildman–Crippen LogP) is 8.12. The number of benzene rings is 5. The van der Waals surface area contributed by atoms with Gasteiger partial charge in [-0.15, -0.1) is 0 Å². The summed E-state index contributed by atoms with van der Waals surface area (Å²) in [6.45, 7) is 1.83. The van der Waals surface area contributed by atoms with Gasteiger partial charge in [-0.05, 0) is 59.8 Å². The number of ketones is 1. The fourth-order valence-corrected chi connectivity index (χ4v) is 5.08. The molecule has 0 spiro atoms. The zero-order valence-electron chi connectivity index (χ0n) is 23.0. The standard InChI is InChI=1S/C35H25ClN4O3/c1-21-18-31(38-34(42)23-11-3-2-4-12-23)28(36)20-30(21)39-40-32-26-16-8-6-13-24(26)19-27(33(32)41)35(43)37-29-17-9-14-22-10-5-7-15-25(22)29/h2-20,39H,1H3,(H,37,43)(H,38,42)/b40-32+. The Bertz CT molecular complexity index is 1990. The minimum Gasteiger partial charge on any atom is -0.493 e. The molecule has 0 aromatic heterocycles. The number of aliphatic imine (C=N–C) groups is 1. The van der Waals surface area contributed by atoms with Gasteiger partial charge in [0.15, 0.2) is 0 Å². The first-order valence-corrected chi connectivity index (χ1v) is 13.9. The molecule has 7 nitrogen and oxygen atoms in total. The Balaban J connectivity index is 1.30. The lowest BCUT2D eigenvalue weighted by molar-refractivity contribution is -0.109. The Labute approximate surface area is 252 Å². The van der Waals surface area contributed by atoms with Gasteiger partial charge in [-0.25, -0.2) is 4.99 Å². The summed E-state index contributed by atoms with van der Waals surface area (Å²) in [7, 11) is 0. The van der Waals surface area contributed by atoms with Crippen LogP contribution >= 0.6 is 11.6 Å². The van der Waals surface area contributed by atoms with Gasteiger partial charge in [0.1, 0.15) is 5.71 Å². The fraction of sp³-hybridized carbons (Fsp3) is 0.0286. The predicted molar refractivity (Wildman–Crippen MR) is 174 cm³/mol. The molecular formula is C35H25ClN4O3.